The van der Waals surface area contributed by atoms with Gasteiger partial charge in [0.2, 0.25) is 5.91 Å². The average molecular weight is 209 g/mol. The van der Waals surface area contributed by atoms with Crippen LogP contribution in [0.2, 0.25) is 0 Å². The van der Waals surface area contributed by atoms with Gasteiger partial charge in [-0.25, -0.2) is 0 Å². The Hall–Kier alpha value is -1.36. The molecule has 5 nitrogen and oxygen atoms in total. The maximum atomic E-state index is 11.7. The van der Waals surface area contributed by atoms with Crippen LogP contribution in [0.5, 0.6) is 0 Å². The van der Waals surface area contributed by atoms with Crippen LogP contribution in [-0.2, 0) is 11.3 Å². The van der Waals surface area contributed by atoms with Gasteiger partial charge < -0.3 is 15.2 Å². The molecule has 1 aromatic rings. The highest BCUT2D eigenvalue weighted by molar-refractivity contribution is 5.79. The van der Waals surface area contributed by atoms with Crippen molar-refractivity contribution in [3.8, 4) is 0 Å². The Balaban J connectivity index is 1.82. The van der Waals surface area contributed by atoms with Crippen molar-refractivity contribution in [2.45, 2.75) is 13.5 Å². The monoisotopic (exact) mass is 209 g/mol. The van der Waals surface area contributed by atoms with Gasteiger partial charge in [0.1, 0.15) is 0 Å². The summed E-state index contributed by atoms with van der Waals surface area (Å²) in [6.07, 6.45) is 1.57. The van der Waals surface area contributed by atoms with E-state index in [-0.39, 0.29) is 11.8 Å². The number of aromatic nitrogens is 1. The molecule has 15 heavy (non-hydrogen) atoms. The Bertz CT molecular complexity index is 323. The molecule has 0 unspecified atom stereocenters. The fourth-order valence-corrected chi connectivity index (χ4v) is 1.80. The smallest absolute Gasteiger partial charge is 0.225 e. The predicted molar refractivity (Wildman–Crippen MR) is 53.9 cm³/mol. The van der Waals surface area contributed by atoms with Crippen LogP contribution in [-0.4, -0.2) is 24.2 Å². The van der Waals surface area contributed by atoms with Crippen molar-refractivity contribution in [1.29, 1.82) is 0 Å². The van der Waals surface area contributed by atoms with Crippen molar-refractivity contribution in [1.82, 2.24) is 15.8 Å². The minimum atomic E-state index is 0.0768. The van der Waals surface area contributed by atoms with Gasteiger partial charge in [-0.2, -0.15) is 0 Å². The maximum absolute atomic E-state index is 11.7. The van der Waals surface area contributed by atoms with Crippen molar-refractivity contribution < 1.29 is 9.32 Å². The van der Waals surface area contributed by atoms with Gasteiger partial charge in [0.25, 0.3) is 0 Å². The lowest BCUT2D eigenvalue weighted by Gasteiger charge is -2.12. The van der Waals surface area contributed by atoms with Crippen LogP contribution in [0.3, 0.4) is 0 Å². The normalized spacial score (nSPS) is 25.4. The van der Waals surface area contributed by atoms with E-state index >= 15 is 0 Å². The summed E-state index contributed by atoms with van der Waals surface area (Å²) in [5.41, 5.74) is 0. The quantitative estimate of drug-likeness (QED) is 0.743. The molecule has 1 aliphatic heterocycles. The minimum absolute atomic E-state index is 0.0768. The van der Waals surface area contributed by atoms with Crippen molar-refractivity contribution in [3.63, 3.8) is 0 Å². The van der Waals surface area contributed by atoms with E-state index in [0.717, 1.165) is 13.1 Å². The Labute approximate surface area is 88.2 Å². The Morgan fingerprint density at radius 2 is 2.60 bits per heavy atom. The molecule has 1 saturated heterocycles. The molecule has 0 radical (unpaired) electrons. The topological polar surface area (TPSA) is 67.2 Å². The number of hydrogen-bond acceptors (Lipinski definition) is 4. The van der Waals surface area contributed by atoms with Crippen LogP contribution in [0.1, 0.15) is 12.7 Å². The van der Waals surface area contributed by atoms with Crippen LogP contribution in [0.25, 0.3) is 0 Å². The Kier molecular flexibility index (Phi) is 3.01. The van der Waals surface area contributed by atoms with Gasteiger partial charge in [0.15, 0.2) is 5.76 Å². The third-order valence-corrected chi connectivity index (χ3v) is 2.78. The zero-order chi connectivity index (χ0) is 10.7. The van der Waals surface area contributed by atoms with Gasteiger partial charge in [-0.15, -0.1) is 0 Å². The number of carbonyl (C=O) groups excluding carboxylic acids is 1. The summed E-state index contributed by atoms with van der Waals surface area (Å²) in [6.45, 7) is 4.19. The second-order valence-electron chi connectivity index (χ2n) is 3.94. The van der Waals surface area contributed by atoms with Crippen LogP contribution in [0, 0.1) is 11.8 Å². The summed E-state index contributed by atoms with van der Waals surface area (Å²) in [4.78, 5) is 11.7. The standard InChI is InChI=1S/C10H15N3O2/c1-7-4-11-6-9(7)10(14)12-5-8-2-3-13-15-8/h2-3,7,9,11H,4-6H2,1H3,(H,12,14)/t7-,9-/m1/s1. The van der Waals surface area contributed by atoms with E-state index in [1.165, 1.54) is 0 Å². The fraction of sp³-hybridized carbons (Fsp3) is 0.600. The number of amides is 1. The first-order valence-electron chi connectivity index (χ1n) is 5.15. The molecular weight excluding hydrogens is 194 g/mol. The maximum Gasteiger partial charge on any atom is 0.225 e. The molecule has 2 heterocycles. The molecule has 1 aromatic heterocycles. The molecule has 1 amide bonds. The van der Waals surface area contributed by atoms with Crippen molar-refractivity contribution in [2.75, 3.05) is 13.1 Å². The van der Waals surface area contributed by atoms with Gasteiger partial charge in [-0.3, -0.25) is 4.79 Å². The molecule has 0 spiro atoms. The van der Waals surface area contributed by atoms with E-state index < -0.39 is 0 Å². The van der Waals surface area contributed by atoms with E-state index in [1.807, 2.05) is 0 Å². The average Bonchev–Trinajstić information content (AvgIpc) is 2.84. The van der Waals surface area contributed by atoms with E-state index in [0.29, 0.717) is 18.2 Å². The van der Waals surface area contributed by atoms with Crippen molar-refractivity contribution >= 4 is 5.91 Å². The molecular formula is C10H15N3O2. The first kappa shape index (κ1) is 10.2. The first-order valence-corrected chi connectivity index (χ1v) is 5.15. The molecule has 1 aliphatic rings. The fourth-order valence-electron chi connectivity index (χ4n) is 1.80. The van der Waals surface area contributed by atoms with Gasteiger partial charge >= 0.3 is 0 Å². The molecule has 0 aliphatic carbocycles. The van der Waals surface area contributed by atoms with E-state index in [2.05, 4.69) is 22.7 Å². The number of hydrogen-bond donors (Lipinski definition) is 2. The largest absolute Gasteiger partial charge is 0.360 e. The van der Waals surface area contributed by atoms with E-state index in [1.54, 1.807) is 12.3 Å². The Morgan fingerprint density at radius 3 is 3.20 bits per heavy atom. The first-order chi connectivity index (χ1) is 7.27. The zero-order valence-electron chi connectivity index (χ0n) is 8.69. The number of nitrogens with zero attached hydrogens (tertiary/aromatic N) is 1. The molecule has 0 aromatic carbocycles. The van der Waals surface area contributed by atoms with Gasteiger partial charge in [0, 0.05) is 12.6 Å². The van der Waals surface area contributed by atoms with Gasteiger partial charge in [-0.1, -0.05) is 12.1 Å². The molecule has 5 heteroatoms. The molecule has 2 atom stereocenters. The highest BCUT2D eigenvalue weighted by Crippen LogP contribution is 2.15. The highest BCUT2D eigenvalue weighted by Gasteiger charge is 2.29. The van der Waals surface area contributed by atoms with Crippen LogP contribution < -0.4 is 10.6 Å². The van der Waals surface area contributed by atoms with Gasteiger partial charge in [-0.05, 0) is 12.5 Å². The minimum Gasteiger partial charge on any atom is -0.360 e. The van der Waals surface area contributed by atoms with Gasteiger partial charge in [0.05, 0.1) is 18.7 Å². The molecule has 1 fully saturated rings. The van der Waals surface area contributed by atoms with Crippen LogP contribution in [0.15, 0.2) is 16.8 Å². The summed E-state index contributed by atoms with van der Waals surface area (Å²) in [6, 6.07) is 1.75. The van der Waals surface area contributed by atoms with E-state index in [4.69, 9.17) is 4.52 Å². The molecule has 2 rings (SSSR count). The molecule has 82 valence electrons. The second kappa shape index (κ2) is 4.44. The van der Waals surface area contributed by atoms with E-state index in [9.17, 15) is 4.79 Å². The number of nitrogens with one attached hydrogen (secondary N) is 2. The number of carbonyl (C=O) groups is 1. The summed E-state index contributed by atoms with van der Waals surface area (Å²) < 4.78 is 4.89. The summed E-state index contributed by atoms with van der Waals surface area (Å²) >= 11 is 0. The second-order valence-corrected chi connectivity index (χ2v) is 3.94. The predicted octanol–water partition coefficient (Wildman–Crippen LogP) is 0.146. The van der Waals surface area contributed by atoms with Crippen LogP contribution >= 0.6 is 0 Å². The summed E-state index contributed by atoms with van der Waals surface area (Å²) in [5, 5.41) is 9.62. The molecule has 0 bridgehead atoms. The molecule has 2 N–H and O–H groups in total. The van der Waals surface area contributed by atoms with Crippen molar-refractivity contribution in [2.24, 2.45) is 11.8 Å². The summed E-state index contributed by atoms with van der Waals surface area (Å²) in [7, 11) is 0. The number of rotatable bonds is 3. The SMILES string of the molecule is C[C@@H]1CNC[C@H]1C(=O)NCc1ccno1. The summed E-state index contributed by atoms with van der Waals surface area (Å²) in [5.74, 6) is 1.25. The zero-order valence-corrected chi connectivity index (χ0v) is 8.69. The molecule has 0 saturated carbocycles. The third-order valence-electron chi connectivity index (χ3n) is 2.78. The lowest BCUT2D eigenvalue weighted by molar-refractivity contribution is -0.125. The Morgan fingerprint density at radius 1 is 1.73 bits per heavy atom. The van der Waals surface area contributed by atoms with Crippen LogP contribution in [0.4, 0.5) is 0 Å². The lowest BCUT2D eigenvalue weighted by atomic mass is 9.97. The van der Waals surface area contributed by atoms with Crippen molar-refractivity contribution in [3.05, 3.63) is 18.0 Å². The highest BCUT2D eigenvalue weighted by atomic mass is 16.5. The lowest BCUT2D eigenvalue weighted by Crippen LogP contribution is -2.33. The third kappa shape index (κ3) is 2.36.